The molecule has 1 heterocycles. The number of hydrogen-bond donors (Lipinski definition) is 1. The van der Waals surface area contributed by atoms with Gasteiger partial charge in [0.05, 0.1) is 0 Å². The number of carbonyl (C=O) groups excluding carboxylic acids is 1. The van der Waals surface area contributed by atoms with Crippen molar-refractivity contribution in [1.29, 1.82) is 0 Å². The lowest BCUT2D eigenvalue weighted by molar-refractivity contribution is 0.0929. The van der Waals surface area contributed by atoms with Gasteiger partial charge in [-0.05, 0) is 19.4 Å². The van der Waals surface area contributed by atoms with Crippen LogP contribution in [-0.2, 0) is 4.74 Å². The molecule has 0 bridgehead atoms. The number of pyridine rings is 1. The van der Waals surface area contributed by atoms with Gasteiger partial charge in [0.1, 0.15) is 0 Å². The molecule has 0 aliphatic heterocycles. The normalized spacial score (nSPS) is 12.2. The van der Waals surface area contributed by atoms with E-state index in [-0.39, 0.29) is 17.5 Å². The maximum Gasteiger partial charge on any atom is 0.251 e. The standard InChI is InChI=1S/C11H15FN2O2/c1-8(4-6-16-2)14-11(15)9-3-5-13-10(12)7-9/h3,5,7-8H,4,6H2,1-2H3,(H,14,15). The van der Waals surface area contributed by atoms with Crippen molar-refractivity contribution in [3.63, 3.8) is 0 Å². The van der Waals surface area contributed by atoms with Crippen LogP contribution in [0.3, 0.4) is 0 Å². The highest BCUT2D eigenvalue weighted by Gasteiger charge is 2.10. The lowest BCUT2D eigenvalue weighted by atomic mass is 10.2. The van der Waals surface area contributed by atoms with E-state index in [1.54, 1.807) is 7.11 Å². The quantitative estimate of drug-likeness (QED) is 0.771. The number of aromatic nitrogens is 1. The zero-order chi connectivity index (χ0) is 12.0. The molecule has 1 unspecified atom stereocenters. The Morgan fingerprint density at radius 1 is 1.69 bits per heavy atom. The van der Waals surface area contributed by atoms with E-state index >= 15 is 0 Å². The SMILES string of the molecule is COCCC(C)NC(=O)c1ccnc(F)c1. The highest BCUT2D eigenvalue weighted by Crippen LogP contribution is 2.01. The van der Waals surface area contributed by atoms with Crippen molar-refractivity contribution in [1.82, 2.24) is 10.3 Å². The molecule has 4 nitrogen and oxygen atoms in total. The summed E-state index contributed by atoms with van der Waals surface area (Å²) in [5.74, 6) is -0.956. The van der Waals surface area contributed by atoms with Crippen molar-refractivity contribution in [2.75, 3.05) is 13.7 Å². The van der Waals surface area contributed by atoms with Gasteiger partial charge in [-0.3, -0.25) is 4.79 Å². The fraction of sp³-hybridized carbons (Fsp3) is 0.455. The number of nitrogens with one attached hydrogen (secondary N) is 1. The smallest absolute Gasteiger partial charge is 0.251 e. The van der Waals surface area contributed by atoms with Crippen LogP contribution < -0.4 is 5.32 Å². The molecule has 0 saturated heterocycles. The summed E-state index contributed by atoms with van der Waals surface area (Å²) in [6, 6.07) is 2.57. The lowest BCUT2D eigenvalue weighted by Gasteiger charge is -2.13. The molecular weight excluding hydrogens is 211 g/mol. The van der Waals surface area contributed by atoms with Crippen LogP contribution in [-0.4, -0.2) is 30.6 Å². The minimum absolute atomic E-state index is 0.0105. The van der Waals surface area contributed by atoms with Gasteiger partial charge in [0.2, 0.25) is 5.95 Å². The summed E-state index contributed by atoms with van der Waals surface area (Å²) in [6.07, 6.45) is 1.99. The fourth-order valence-electron chi connectivity index (χ4n) is 1.22. The third-order valence-corrected chi connectivity index (χ3v) is 2.12. The molecule has 5 heteroatoms. The van der Waals surface area contributed by atoms with E-state index in [2.05, 4.69) is 10.3 Å². The number of hydrogen-bond acceptors (Lipinski definition) is 3. The van der Waals surface area contributed by atoms with Gasteiger partial charge in [-0.15, -0.1) is 0 Å². The monoisotopic (exact) mass is 226 g/mol. The molecule has 1 atom stereocenters. The van der Waals surface area contributed by atoms with E-state index in [9.17, 15) is 9.18 Å². The maximum atomic E-state index is 12.8. The minimum Gasteiger partial charge on any atom is -0.385 e. The molecule has 88 valence electrons. The van der Waals surface area contributed by atoms with E-state index in [0.717, 1.165) is 12.5 Å². The third-order valence-electron chi connectivity index (χ3n) is 2.12. The molecule has 1 amide bonds. The van der Waals surface area contributed by atoms with Gasteiger partial charge in [0.25, 0.3) is 5.91 Å². The first-order valence-electron chi connectivity index (χ1n) is 5.05. The van der Waals surface area contributed by atoms with Gasteiger partial charge in [-0.25, -0.2) is 4.98 Å². The van der Waals surface area contributed by atoms with Gasteiger partial charge in [-0.2, -0.15) is 4.39 Å². The van der Waals surface area contributed by atoms with Crippen molar-refractivity contribution in [3.8, 4) is 0 Å². The first kappa shape index (κ1) is 12.6. The van der Waals surface area contributed by atoms with Crippen molar-refractivity contribution in [3.05, 3.63) is 29.8 Å². The predicted octanol–water partition coefficient (Wildman–Crippen LogP) is 1.38. The molecule has 0 aromatic carbocycles. The highest BCUT2D eigenvalue weighted by atomic mass is 19.1. The van der Waals surface area contributed by atoms with Crippen LogP contribution in [0.15, 0.2) is 18.3 Å². The van der Waals surface area contributed by atoms with Crippen molar-refractivity contribution in [2.24, 2.45) is 0 Å². The Labute approximate surface area is 93.8 Å². The zero-order valence-corrected chi connectivity index (χ0v) is 9.37. The molecule has 0 aliphatic rings. The van der Waals surface area contributed by atoms with Crippen LogP contribution in [0.4, 0.5) is 4.39 Å². The Morgan fingerprint density at radius 3 is 3.06 bits per heavy atom. The summed E-state index contributed by atoms with van der Waals surface area (Å²) >= 11 is 0. The van der Waals surface area contributed by atoms with E-state index in [1.165, 1.54) is 12.3 Å². The fourth-order valence-corrected chi connectivity index (χ4v) is 1.22. The van der Waals surface area contributed by atoms with Crippen LogP contribution >= 0.6 is 0 Å². The molecule has 0 aliphatic carbocycles. The van der Waals surface area contributed by atoms with Crippen LogP contribution in [0, 0.1) is 5.95 Å². The number of nitrogens with zero attached hydrogens (tertiary/aromatic N) is 1. The molecule has 1 aromatic heterocycles. The molecular formula is C11H15FN2O2. The molecule has 0 saturated carbocycles. The Morgan fingerprint density at radius 2 is 2.44 bits per heavy atom. The summed E-state index contributed by atoms with van der Waals surface area (Å²) in [6.45, 7) is 2.45. The van der Waals surface area contributed by atoms with Crippen LogP contribution in [0.5, 0.6) is 0 Å². The summed E-state index contributed by atoms with van der Waals surface area (Å²) in [5, 5.41) is 2.74. The molecule has 0 fully saturated rings. The van der Waals surface area contributed by atoms with Crippen LogP contribution in [0.25, 0.3) is 0 Å². The number of carbonyl (C=O) groups is 1. The van der Waals surface area contributed by atoms with Gasteiger partial charge >= 0.3 is 0 Å². The summed E-state index contributed by atoms with van der Waals surface area (Å²) in [4.78, 5) is 15.0. The summed E-state index contributed by atoms with van der Waals surface area (Å²) in [7, 11) is 1.60. The van der Waals surface area contributed by atoms with Crippen LogP contribution in [0.2, 0.25) is 0 Å². The average Bonchev–Trinajstić information content (AvgIpc) is 2.26. The number of ether oxygens (including phenoxy) is 1. The molecule has 0 spiro atoms. The largest absolute Gasteiger partial charge is 0.385 e. The number of amides is 1. The molecule has 0 radical (unpaired) electrons. The average molecular weight is 226 g/mol. The second kappa shape index (κ2) is 6.17. The van der Waals surface area contributed by atoms with Gasteiger partial charge in [0, 0.05) is 37.6 Å². The number of methoxy groups -OCH3 is 1. The first-order chi connectivity index (χ1) is 7.63. The topological polar surface area (TPSA) is 51.2 Å². The van der Waals surface area contributed by atoms with E-state index in [1.807, 2.05) is 6.92 Å². The van der Waals surface area contributed by atoms with Gasteiger partial charge in [-0.1, -0.05) is 0 Å². The lowest BCUT2D eigenvalue weighted by Crippen LogP contribution is -2.33. The van der Waals surface area contributed by atoms with Gasteiger partial charge < -0.3 is 10.1 Å². The van der Waals surface area contributed by atoms with Crippen molar-refractivity contribution < 1.29 is 13.9 Å². The van der Waals surface area contributed by atoms with E-state index < -0.39 is 5.95 Å². The highest BCUT2D eigenvalue weighted by molar-refractivity contribution is 5.94. The van der Waals surface area contributed by atoms with Crippen molar-refractivity contribution >= 4 is 5.91 Å². The Balaban J connectivity index is 2.52. The first-order valence-corrected chi connectivity index (χ1v) is 5.05. The maximum absolute atomic E-state index is 12.8. The Hall–Kier alpha value is -1.49. The summed E-state index contributed by atoms with van der Waals surface area (Å²) in [5.41, 5.74) is 0.275. The van der Waals surface area contributed by atoms with E-state index in [0.29, 0.717) is 6.61 Å². The second-order valence-corrected chi connectivity index (χ2v) is 3.52. The van der Waals surface area contributed by atoms with Crippen molar-refractivity contribution in [2.45, 2.75) is 19.4 Å². The minimum atomic E-state index is -0.655. The molecule has 1 rings (SSSR count). The van der Waals surface area contributed by atoms with Crippen LogP contribution in [0.1, 0.15) is 23.7 Å². The predicted molar refractivity (Wildman–Crippen MR) is 57.6 cm³/mol. The molecule has 16 heavy (non-hydrogen) atoms. The molecule has 1 aromatic rings. The van der Waals surface area contributed by atoms with Gasteiger partial charge in [0.15, 0.2) is 0 Å². The zero-order valence-electron chi connectivity index (χ0n) is 9.37. The Kier molecular flexibility index (Phi) is 4.85. The summed E-state index contributed by atoms with van der Waals surface area (Å²) < 4.78 is 17.7. The number of rotatable bonds is 5. The second-order valence-electron chi connectivity index (χ2n) is 3.52. The Bertz CT molecular complexity index is 358. The third kappa shape index (κ3) is 3.94. The number of halogens is 1. The molecule has 1 N–H and O–H groups in total. The van der Waals surface area contributed by atoms with E-state index in [4.69, 9.17) is 4.74 Å².